The van der Waals surface area contributed by atoms with E-state index in [1.807, 2.05) is 24.6 Å². The summed E-state index contributed by atoms with van der Waals surface area (Å²) in [7, 11) is 0. The fourth-order valence-corrected chi connectivity index (χ4v) is 3.40. The topological polar surface area (TPSA) is 71.6 Å². The molecule has 0 radical (unpaired) electrons. The third-order valence-corrected chi connectivity index (χ3v) is 4.79. The molecule has 3 aromatic rings. The average molecular weight is 353 g/mol. The SMILES string of the molecule is Cc1ccc(=O)n(CCN2CCN(c3nccn4nc(C)cc34)CC2)n1. The molecule has 0 unspecified atom stereocenters. The maximum atomic E-state index is 11.9. The number of nitrogens with zero attached hydrogens (tertiary/aromatic N) is 7. The Morgan fingerprint density at radius 2 is 1.81 bits per heavy atom. The van der Waals surface area contributed by atoms with Gasteiger partial charge in [0.2, 0.25) is 0 Å². The van der Waals surface area contributed by atoms with Crippen LogP contribution in [0.1, 0.15) is 11.4 Å². The molecule has 8 nitrogen and oxygen atoms in total. The monoisotopic (exact) mass is 353 g/mol. The van der Waals surface area contributed by atoms with Gasteiger partial charge in [0, 0.05) is 51.2 Å². The molecule has 0 N–H and O–H groups in total. The quantitative estimate of drug-likeness (QED) is 0.688. The van der Waals surface area contributed by atoms with Crippen LogP contribution in [-0.4, -0.2) is 62.0 Å². The van der Waals surface area contributed by atoms with Gasteiger partial charge < -0.3 is 4.90 Å². The van der Waals surface area contributed by atoms with Gasteiger partial charge in [0.1, 0.15) is 5.52 Å². The lowest BCUT2D eigenvalue weighted by molar-refractivity contribution is 0.242. The summed E-state index contributed by atoms with van der Waals surface area (Å²) in [4.78, 5) is 21.1. The van der Waals surface area contributed by atoms with Crippen LogP contribution in [0.15, 0.2) is 35.4 Å². The van der Waals surface area contributed by atoms with Crippen molar-refractivity contribution < 1.29 is 0 Å². The zero-order valence-corrected chi connectivity index (χ0v) is 15.2. The molecule has 1 aliphatic heterocycles. The molecule has 4 rings (SSSR count). The van der Waals surface area contributed by atoms with Crippen molar-refractivity contribution in [3.63, 3.8) is 0 Å². The molecule has 8 heteroatoms. The average Bonchev–Trinajstić information content (AvgIpc) is 3.03. The van der Waals surface area contributed by atoms with E-state index >= 15 is 0 Å². The lowest BCUT2D eigenvalue weighted by atomic mass is 10.3. The van der Waals surface area contributed by atoms with Crippen LogP contribution in [0, 0.1) is 13.8 Å². The summed E-state index contributed by atoms with van der Waals surface area (Å²) in [5.41, 5.74) is 2.87. The number of aromatic nitrogens is 5. The standard InChI is InChI=1S/C18H23N7O/c1-14-3-4-17(26)25(20-14)12-9-22-7-10-23(11-8-22)18-16-13-15(2)21-24(16)6-5-19-18/h3-6,13H,7-12H2,1-2H3. The summed E-state index contributed by atoms with van der Waals surface area (Å²) in [5.74, 6) is 0.990. The van der Waals surface area contributed by atoms with E-state index in [2.05, 4.69) is 31.0 Å². The van der Waals surface area contributed by atoms with E-state index in [1.165, 1.54) is 0 Å². The third-order valence-electron chi connectivity index (χ3n) is 4.79. The molecule has 0 amide bonds. The largest absolute Gasteiger partial charge is 0.352 e. The van der Waals surface area contributed by atoms with Gasteiger partial charge in [0.15, 0.2) is 5.82 Å². The minimum Gasteiger partial charge on any atom is -0.352 e. The second-order valence-corrected chi connectivity index (χ2v) is 6.73. The van der Waals surface area contributed by atoms with Crippen LogP contribution in [0.5, 0.6) is 0 Å². The molecule has 1 aliphatic rings. The Bertz CT molecular complexity index is 969. The lowest BCUT2D eigenvalue weighted by Crippen LogP contribution is -2.48. The van der Waals surface area contributed by atoms with Gasteiger partial charge in [-0.3, -0.25) is 9.69 Å². The highest BCUT2D eigenvalue weighted by molar-refractivity contribution is 5.69. The van der Waals surface area contributed by atoms with E-state index in [9.17, 15) is 4.79 Å². The van der Waals surface area contributed by atoms with Gasteiger partial charge in [-0.1, -0.05) is 0 Å². The summed E-state index contributed by atoms with van der Waals surface area (Å²) in [6, 6.07) is 5.41. The Hall–Kier alpha value is -2.74. The highest BCUT2D eigenvalue weighted by Crippen LogP contribution is 2.20. The van der Waals surface area contributed by atoms with E-state index in [0.717, 1.165) is 55.4 Å². The predicted molar refractivity (Wildman–Crippen MR) is 99.6 cm³/mol. The van der Waals surface area contributed by atoms with Crippen LogP contribution in [0.3, 0.4) is 0 Å². The van der Waals surface area contributed by atoms with E-state index in [4.69, 9.17) is 0 Å². The number of anilines is 1. The number of hydrogen-bond donors (Lipinski definition) is 0. The normalized spacial score (nSPS) is 15.7. The van der Waals surface area contributed by atoms with Gasteiger partial charge >= 0.3 is 0 Å². The lowest BCUT2D eigenvalue weighted by Gasteiger charge is -2.35. The highest BCUT2D eigenvalue weighted by Gasteiger charge is 2.20. The van der Waals surface area contributed by atoms with Crippen molar-refractivity contribution in [2.75, 3.05) is 37.6 Å². The first-order valence-corrected chi connectivity index (χ1v) is 8.93. The van der Waals surface area contributed by atoms with Crippen LogP contribution in [0.2, 0.25) is 0 Å². The van der Waals surface area contributed by atoms with Crippen LogP contribution in [0.4, 0.5) is 5.82 Å². The molecule has 4 heterocycles. The van der Waals surface area contributed by atoms with Crippen molar-refractivity contribution in [3.05, 3.63) is 52.3 Å². The summed E-state index contributed by atoms with van der Waals surface area (Å²) in [6.45, 7) is 9.05. The Kier molecular flexibility index (Phi) is 4.42. The van der Waals surface area contributed by atoms with Crippen molar-refractivity contribution in [1.82, 2.24) is 29.3 Å². The molecule has 0 saturated carbocycles. The molecule has 0 aliphatic carbocycles. The van der Waals surface area contributed by atoms with Gasteiger partial charge in [0.25, 0.3) is 5.56 Å². The second-order valence-electron chi connectivity index (χ2n) is 6.73. The van der Waals surface area contributed by atoms with Crippen LogP contribution in [0.25, 0.3) is 5.52 Å². The van der Waals surface area contributed by atoms with Gasteiger partial charge in [-0.15, -0.1) is 0 Å². The van der Waals surface area contributed by atoms with Gasteiger partial charge in [-0.05, 0) is 26.0 Å². The van der Waals surface area contributed by atoms with Gasteiger partial charge in [0.05, 0.1) is 17.9 Å². The molecule has 1 saturated heterocycles. The zero-order valence-electron chi connectivity index (χ0n) is 15.2. The van der Waals surface area contributed by atoms with Crippen LogP contribution in [-0.2, 0) is 6.54 Å². The summed E-state index contributed by atoms with van der Waals surface area (Å²) in [6.07, 6.45) is 3.69. The first-order chi connectivity index (χ1) is 12.6. The van der Waals surface area contributed by atoms with E-state index in [-0.39, 0.29) is 5.56 Å². The number of fused-ring (bicyclic) bond motifs is 1. The Morgan fingerprint density at radius 1 is 1.00 bits per heavy atom. The summed E-state index contributed by atoms with van der Waals surface area (Å²) < 4.78 is 3.44. The second kappa shape index (κ2) is 6.87. The molecule has 26 heavy (non-hydrogen) atoms. The Balaban J connectivity index is 1.39. The third kappa shape index (κ3) is 3.32. The first-order valence-electron chi connectivity index (χ1n) is 8.93. The minimum absolute atomic E-state index is 0.0405. The smallest absolute Gasteiger partial charge is 0.266 e. The first kappa shape index (κ1) is 16.7. The molecule has 0 aromatic carbocycles. The molecule has 3 aromatic heterocycles. The molecule has 136 valence electrons. The number of hydrogen-bond acceptors (Lipinski definition) is 6. The van der Waals surface area contributed by atoms with Gasteiger partial charge in [-0.25, -0.2) is 14.2 Å². The maximum absolute atomic E-state index is 11.9. The molecule has 0 bridgehead atoms. The maximum Gasteiger partial charge on any atom is 0.266 e. The number of piperazine rings is 1. The summed E-state index contributed by atoms with van der Waals surface area (Å²) >= 11 is 0. The number of aryl methyl sites for hydroxylation is 2. The molecular formula is C18H23N7O. The zero-order chi connectivity index (χ0) is 18.1. The van der Waals surface area contributed by atoms with E-state index in [0.29, 0.717) is 6.54 Å². The van der Waals surface area contributed by atoms with Crippen LogP contribution >= 0.6 is 0 Å². The van der Waals surface area contributed by atoms with Crippen molar-refractivity contribution in [1.29, 1.82) is 0 Å². The van der Waals surface area contributed by atoms with E-state index < -0.39 is 0 Å². The fourth-order valence-electron chi connectivity index (χ4n) is 3.40. The van der Waals surface area contributed by atoms with Crippen molar-refractivity contribution in [2.45, 2.75) is 20.4 Å². The Labute approximate surface area is 151 Å². The highest BCUT2D eigenvalue weighted by atomic mass is 16.1. The van der Waals surface area contributed by atoms with Crippen molar-refractivity contribution in [2.24, 2.45) is 0 Å². The minimum atomic E-state index is -0.0405. The molecule has 0 atom stereocenters. The number of rotatable bonds is 4. The van der Waals surface area contributed by atoms with Crippen molar-refractivity contribution >= 4 is 11.3 Å². The molecule has 1 fully saturated rings. The molecular weight excluding hydrogens is 330 g/mol. The van der Waals surface area contributed by atoms with Crippen molar-refractivity contribution in [3.8, 4) is 0 Å². The Morgan fingerprint density at radius 3 is 2.62 bits per heavy atom. The van der Waals surface area contributed by atoms with E-state index in [1.54, 1.807) is 23.0 Å². The summed E-state index contributed by atoms with van der Waals surface area (Å²) in [5, 5.41) is 8.77. The van der Waals surface area contributed by atoms with Crippen LogP contribution < -0.4 is 10.5 Å². The fraction of sp³-hybridized carbons (Fsp3) is 0.444. The molecule has 0 spiro atoms. The predicted octanol–water partition coefficient (Wildman–Crippen LogP) is 0.725. The van der Waals surface area contributed by atoms with Gasteiger partial charge in [-0.2, -0.15) is 10.2 Å².